The summed E-state index contributed by atoms with van der Waals surface area (Å²) in [5.74, 6) is -0.859. The first-order valence-corrected chi connectivity index (χ1v) is 5.04. The molecule has 2 aromatic rings. The summed E-state index contributed by atoms with van der Waals surface area (Å²) in [7, 11) is 1.64. The maximum atomic E-state index is 12.1. The van der Waals surface area contributed by atoms with Crippen molar-refractivity contribution in [2.24, 2.45) is 7.05 Å². The Bertz CT molecular complexity index is 670. The highest BCUT2D eigenvalue weighted by molar-refractivity contribution is 6.28. The van der Waals surface area contributed by atoms with Gasteiger partial charge in [0.25, 0.3) is 0 Å². The van der Waals surface area contributed by atoms with E-state index in [0.717, 1.165) is 0 Å². The van der Waals surface area contributed by atoms with E-state index >= 15 is 0 Å². The normalized spacial score (nSPS) is 13.5. The third-order valence-electron chi connectivity index (χ3n) is 2.80. The quantitative estimate of drug-likeness (QED) is 0.620. The number of hydrogen-bond acceptors (Lipinski definition) is 4. The summed E-state index contributed by atoms with van der Waals surface area (Å²) < 4.78 is 1.42. The number of fused-ring (bicyclic) bond motifs is 2. The van der Waals surface area contributed by atoms with E-state index in [1.807, 2.05) is 0 Å². The average Bonchev–Trinajstić information content (AvgIpc) is 2.68. The summed E-state index contributed by atoms with van der Waals surface area (Å²) in [6.07, 6.45) is 1.49. The van der Waals surface area contributed by atoms with E-state index in [1.54, 1.807) is 7.05 Å². The Labute approximate surface area is 96.3 Å². The van der Waals surface area contributed by atoms with Crippen LogP contribution in [0, 0.1) is 0 Å². The lowest BCUT2D eigenvalue weighted by atomic mass is 9.88. The van der Waals surface area contributed by atoms with Crippen LogP contribution in [0.25, 0.3) is 0 Å². The molecule has 1 heterocycles. The molecule has 0 bridgehead atoms. The van der Waals surface area contributed by atoms with Crippen LogP contribution in [0.15, 0.2) is 24.4 Å². The fraction of sp³-hybridized carbons (Fsp3) is 0.0833. The van der Waals surface area contributed by atoms with Gasteiger partial charge in [-0.3, -0.25) is 14.3 Å². The van der Waals surface area contributed by atoms with E-state index in [2.05, 4.69) is 5.10 Å². The fourth-order valence-corrected chi connectivity index (χ4v) is 2.05. The maximum Gasteiger partial charge on any atom is 0.214 e. The topological polar surface area (TPSA) is 72.2 Å². The number of carbonyl (C=O) groups excluding carboxylic acids is 2. The number of ketones is 2. The number of phenols is 1. The van der Waals surface area contributed by atoms with Crippen molar-refractivity contribution in [2.45, 2.75) is 0 Å². The SMILES string of the molecule is Cn1cc2c(n1)C(=O)c1cccc(O)c1C2=O. The van der Waals surface area contributed by atoms with Crippen LogP contribution in [0.4, 0.5) is 0 Å². The van der Waals surface area contributed by atoms with Crippen LogP contribution in [0.1, 0.15) is 32.0 Å². The van der Waals surface area contributed by atoms with Crippen LogP contribution in [-0.2, 0) is 7.05 Å². The lowest BCUT2D eigenvalue weighted by molar-refractivity contribution is 0.0974. The number of hydrogen-bond donors (Lipinski definition) is 1. The third-order valence-corrected chi connectivity index (χ3v) is 2.80. The zero-order chi connectivity index (χ0) is 12.2. The minimum Gasteiger partial charge on any atom is -0.507 e. The number of aromatic hydroxyl groups is 1. The van der Waals surface area contributed by atoms with Gasteiger partial charge in [-0.15, -0.1) is 0 Å². The molecule has 0 saturated carbocycles. The zero-order valence-electron chi connectivity index (χ0n) is 8.97. The van der Waals surface area contributed by atoms with Gasteiger partial charge < -0.3 is 5.11 Å². The Morgan fingerprint density at radius 2 is 1.94 bits per heavy atom. The molecule has 0 spiro atoms. The van der Waals surface area contributed by atoms with Crippen LogP contribution in [0.3, 0.4) is 0 Å². The molecule has 1 aliphatic rings. The third kappa shape index (κ3) is 1.16. The lowest BCUT2D eigenvalue weighted by Gasteiger charge is -2.13. The number of benzene rings is 1. The molecule has 84 valence electrons. The molecule has 1 aromatic heterocycles. The molecular formula is C12H8N2O3. The first kappa shape index (κ1) is 9.77. The summed E-state index contributed by atoms with van der Waals surface area (Å²) in [6, 6.07) is 4.45. The van der Waals surface area contributed by atoms with Gasteiger partial charge in [0.1, 0.15) is 11.4 Å². The molecule has 0 unspecified atom stereocenters. The van der Waals surface area contributed by atoms with Crippen molar-refractivity contribution in [1.29, 1.82) is 0 Å². The monoisotopic (exact) mass is 228 g/mol. The highest BCUT2D eigenvalue weighted by Crippen LogP contribution is 2.31. The second-order valence-electron chi connectivity index (χ2n) is 3.92. The van der Waals surface area contributed by atoms with Crippen LogP contribution >= 0.6 is 0 Å². The summed E-state index contributed by atoms with van der Waals surface area (Å²) in [5.41, 5.74) is 0.668. The predicted octanol–water partition coefficient (Wildman–Crippen LogP) is 0.901. The molecule has 0 saturated heterocycles. The Morgan fingerprint density at radius 1 is 1.18 bits per heavy atom. The summed E-state index contributed by atoms with van der Waals surface area (Å²) in [4.78, 5) is 24.2. The minimum atomic E-state index is -0.360. The number of carbonyl (C=O) groups is 2. The highest BCUT2D eigenvalue weighted by Gasteiger charge is 2.34. The second-order valence-corrected chi connectivity index (χ2v) is 3.92. The Kier molecular flexibility index (Phi) is 1.75. The molecule has 1 aliphatic carbocycles. The van der Waals surface area contributed by atoms with Crippen LogP contribution in [-0.4, -0.2) is 26.5 Å². The van der Waals surface area contributed by atoms with Crippen LogP contribution in [0.5, 0.6) is 5.75 Å². The molecule has 1 N–H and O–H groups in total. The average molecular weight is 228 g/mol. The van der Waals surface area contributed by atoms with Gasteiger partial charge in [-0.2, -0.15) is 5.10 Å². The number of rotatable bonds is 0. The molecule has 0 radical (unpaired) electrons. The molecule has 5 heteroatoms. The Morgan fingerprint density at radius 3 is 2.71 bits per heavy atom. The maximum absolute atomic E-state index is 12.1. The largest absolute Gasteiger partial charge is 0.507 e. The van der Waals surface area contributed by atoms with Crippen molar-refractivity contribution < 1.29 is 14.7 Å². The second kappa shape index (κ2) is 3.04. The van der Waals surface area contributed by atoms with E-state index in [0.29, 0.717) is 0 Å². The van der Waals surface area contributed by atoms with Gasteiger partial charge in [0, 0.05) is 18.8 Å². The van der Waals surface area contributed by atoms with Crippen molar-refractivity contribution in [2.75, 3.05) is 0 Å². The molecule has 5 nitrogen and oxygen atoms in total. The molecule has 0 fully saturated rings. The first-order chi connectivity index (χ1) is 8.09. The van der Waals surface area contributed by atoms with E-state index in [1.165, 1.54) is 29.1 Å². The standard InChI is InChI=1S/C12H8N2O3/c1-14-5-7-10(13-14)12(17)6-3-2-4-8(15)9(6)11(7)16/h2-5,15H,1H3. The van der Waals surface area contributed by atoms with Gasteiger partial charge in [0.15, 0.2) is 0 Å². The van der Waals surface area contributed by atoms with Gasteiger partial charge in [-0.1, -0.05) is 6.07 Å². The van der Waals surface area contributed by atoms with Crippen LogP contribution in [0.2, 0.25) is 0 Å². The predicted molar refractivity (Wildman–Crippen MR) is 58.2 cm³/mol. The highest BCUT2D eigenvalue weighted by atomic mass is 16.3. The van der Waals surface area contributed by atoms with E-state index < -0.39 is 0 Å². The summed E-state index contributed by atoms with van der Waals surface area (Å²) >= 11 is 0. The Balaban J connectivity index is 2.36. The van der Waals surface area contributed by atoms with Crippen molar-refractivity contribution in [3.63, 3.8) is 0 Å². The molecule has 0 atom stereocenters. The Hall–Kier alpha value is -2.43. The molecule has 3 rings (SSSR count). The fourth-order valence-electron chi connectivity index (χ4n) is 2.05. The lowest BCUT2D eigenvalue weighted by Crippen LogP contribution is -2.20. The number of aryl methyl sites for hydroxylation is 1. The van der Waals surface area contributed by atoms with E-state index in [4.69, 9.17) is 0 Å². The van der Waals surface area contributed by atoms with Gasteiger partial charge in [0.05, 0.1) is 11.1 Å². The smallest absolute Gasteiger partial charge is 0.214 e. The molecule has 0 amide bonds. The number of aromatic nitrogens is 2. The minimum absolute atomic E-state index is 0.0676. The van der Waals surface area contributed by atoms with Crippen molar-refractivity contribution >= 4 is 11.6 Å². The number of nitrogens with zero attached hydrogens (tertiary/aromatic N) is 2. The van der Waals surface area contributed by atoms with Gasteiger partial charge in [-0.25, -0.2) is 0 Å². The molecular weight excluding hydrogens is 220 g/mol. The van der Waals surface area contributed by atoms with Crippen molar-refractivity contribution in [1.82, 2.24) is 9.78 Å². The summed E-state index contributed by atoms with van der Waals surface area (Å²) in [6.45, 7) is 0. The first-order valence-electron chi connectivity index (χ1n) is 5.04. The molecule has 1 aromatic carbocycles. The van der Waals surface area contributed by atoms with Crippen LogP contribution < -0.4 is 0 Å². The van der Waals surface area contributed by atoms with Gasteiger partial charge in [-0.05, 0) is 12.1 Å². The van der Waals surface area contributed by atoms with E-state index in [9.17, 15) is 14.7 Å². The van der Waals surface area contributed by atoms with Gasteiger partial charge in [0.2, 0.25) is 11.6 Å². The molecule has 0 aliphatic heterocycles. The number of phenolic OH excluding ortho intramolecular Hbond substituents is 1. The van der Waals surface area contributed by atoms with E-state index in [-0.39, 0.29) is 39.7 Å². The zero-order valence-corrected chi connectivity index (χ0v) is 8.97. The van der Waals surface area contributed by atoms with Gasteiger partial charge >= 0.3 is 0 Å². The van der Waals surface area contributed by atoms with Crippen molar-refractivity contribution in [3.05, 3.63) is 46.8 Å². The van der Waals surface area contributed by atoms with Crippen molar-refractivity contribution in [3.8, 4) is 5.75 Å². The summed E-state index contributed by atoms with van der Waals surface area (Å²) in [5, 5.41) is 13.7. The molecule has 17 heavy (non-hydrogen) atoms.